The first kappa shape index (κ1) is 14.8. The molecule has 2 aliphatic rings. The minimum absolute atomic E-state index is 0.269. The van der Waals surface area contributed by atoms with Gasteiger partial charge >= 0.3 is 0 Å². The summed E-state index contributed by atoms with van der Waals surface area (Å²) < 4.78 is 5.38. The Balaban J connectivity index is 1.70. The van der Waals surface area contributed by atoms with Crippen molar-refractivity contribution in [2.24, 2.45) is 11.8 Å². The van der Waals surface area contributed by atoms with Crippen LogP contribution in [-0.4, -0.2) is 49.7 Å². The summed E-state index contributed by atoms with van der Waals surface area (Å²) in [5, 5.41) is 3.42. The molecule has 1 amide bonds. The van der Waals surface area contributed by atoms with Crippen LogP contribution in [0.4, 0.5) is 0 Å². The summed E-state index contributed by atoms with van der Waals surface area (Å²) >= 11 is 0. The van der Waals surface area contributed by atoms with E-state index in [-0.39, 0.29) is 5.91 Å². The van der Waals surface area contributed by atoms with E-state index in [4.69, 9.17) is 4.74 Å². The molecule has 1 N–H and O–H groups in total. The quantitative estimate of drug-likeness (QED) is 0.843. The number of likely N-dealkylation sites (tertiary alicyclic amines) is 1. The minimum Gasteiger partial charge on any atom is -0.381 e. The molecular formula is C15H28N2O2. The maximum atomic E-state index is 12.2. The number of rotatable bonds is 4. The summed E-state index contributed by atoms with van der Waals surface area (Å²) in [4.78, 5) is 14.2. The van der Waals surface area contributed by atoms with E-state index in [1.807, 2.05) is 4.90 Å². The van der Waals surface area contributed by atoms with Gasteiger partial charge in [0.15, 0.2) is 0 Å². The number of piperidine rings is 1. The summed E-state index contributed by atoms with van der Waals surface area (Å²) in [7, 11) is 0. The van der Waals surface area contributed by atoms with Gasteiger partial charge in [-0.3, -0.25) is 4.79 Å². The second kappa shape index (κ2) is 7.25. The first-order valence-electron chi connectivity index (χ1n) is 7.75. The average Bonchev–Trinajstić information content (AvgIpc) is 2.45. The van der Waals surface area contributed by atoms with Gasteiger partial charge in [-0.05, 0) is 44.4 Å². The van der Waals surface area contributed by atoms with Crippen molar-refractivity contribution in [3.05, 3.63) is 0 Å². The van der Waals surface area contributed by atoms with E-state index in [1.54, 1.807) is 0 Å². The molecule has 4 nitrogen and oxygen atoms in total. The molecule has 4 heteroatoms. The van der Waals surface area contributed by atoms with Crippen molar-refractivity contribution in [2.45, 2.75) is 45.6 Å². The number of carbonyl (C=O) groups excluding carboxylic acids is 1. The Labute approximate surface area is 116 Å². The molecule has 0 bridgehead atoms. The number of nitrogens with one attached hydrogen (secondary N) is 1. The summed E-state index contributed by atoms with van der Waals surface area (Å²) in [6.45, 7) is 8.54. The Morgan fingerprint density at radius 1 is 1.37 bits per heavy atom. The second-order valence-electron chi connectivity index (χ2n) is 6.21. The number of hydrogen-bond acceptors (Lipinski definition) is 3. The molecule has 2 fully saturated rings. The lowest BCUT2D eigenvalue weighted by Crippen LogP contribution is -2.46. The first-order valence-corrected chi connectivity index (χ1v) is 7.75. The van der Waals surface area contributed by atoms with Gasteiger partial charge in [-0.1, -0.05) is 6.92 Å². The number of nitrogens with zero attached hydrogens (tertiary/aromatic N) is 1. The van der Waals surface area contributed by atoms with Crippen LogP contribution in [0, 0.1) is 11.8 Å². The molecule has 0 aliphatic carbocycles. The van der Waals surface area contributed by atoms with E-state index in [0.717, 1.165) is 45.6 Å². The summed E-state index contributed by atoms with van der Waals surface area (Å²) in [6.07, 6.45) is 4.64. The molecule has 2 atom stereocenters. The van der Waals surface area contributed by atoms with E-state index in [2.05, 4.69) is 19.2 Å². The van der Waals surface area contributed by atoms with Crippen LogP contribution in [0.15, 0.2) is 0 Å². The highest BCUT2D eigenvalue weighted by Crippen LogP contribution is 2.19. The zero-order valence-corrected chi connectivity index (χ0v) is 12.4. The molecule has 2 aliphatic heterocycles. The molecule has 0 aromatic carbocycles. The van der Waals surface area contributed by atoms with Gasteiger partial charge in [0.1, 0.15) is 0 Å². The van der Waals surface area contributed by atoms with Gasteiger partial charge in [0.2, 0.25) is 5.91 Å². The van der Waals surface area contributed by atoms with Crippen molar-refractivity contribution in [1.29, 1.82) is 0 Å². The second-order valence-corrected chi connectivity index (χ2v) is 6.21. The summed E-state index contributed by atoms with van der Waals surface area (Å²) in [5.74, 6) is 1.58. The monoisotopic (exact) mass is 268 g/mol. The molecule has 0 spiro atoms. The van der Waals surface area contributed by atoms with Crippen molar-refractivity contribution in [2.75, 3.05) is 32.8 Å². The molecule has 19 heavy (non-hydrogen) atoms. The molecule has 2 saturated heterocycles. The maximum Gasteiger partial charge on any atom is 0.236 e. The Hall–Kier alpha value is -0.610. The van der Waals surface area contributed by atoms with Crippen LogP contribution < -0.4 is 5.32 Å². The molecule has 0 radical (unpaired) electrons. The van der Waals surface area contributed by atoms with E-state index >= 15 is 0 Å². The fourth-order valence-corrected chi connectivity index (χ4v) is 3.16. The summed E-state index contributed by atoms with van der Waals surface area (Å²) in [5.41, 5.74) is 0. The third kappa shape index (κ3) is 4.46. The highest BCUT2D eigenvalue weighted by Gasteiger charge is 2.23. The Morgan fingerprint density at radius 3 is 2.79 bits per heavy atom. The normalized spacial score (nSPS) is 27.3. The topological polar surface area (TPSA) is 41.6 Å². The molecule has 0 saturated carbocycles. The SMILES string of the molecule is C[C@@H]1CCCN(C(=O)CN[C@H](C)C2CCOCC2)C1. The van der Waals surface area contributed by atoms with E-state index in [0.29, 0.717) is 24.4 Å². The third-order valence-electron chi connectivity index (χ3n) is 4.56. The van der Waals surface area contributed by atoms with E-state index < -0.39 is 0 Å². The van der Waals surface area contributed by atoms with Crippen LogP contribution in [0.2, 0.25) is 0 Å². The Bertz CT molecular complexity index is 290. The average molecular weight is 268 g/mol. The van der Waals surface area contributed by atoms with Crippen molar-refractivity contribution in [3.8, 4) is 0 Å². The van der Waals surface area contributed by atoms with Gasteiger partial charge in [-0.25, -0.2) is 0 Å². The molecule has 0 aromatic heterocycles. The fourth-order valence-electron chi connectivity index (χ4n) is 3.16. The Morgan fingerprint density at radius 2 is 2.11 bits per heavy atom. The standard InChI is InChI=1S/C15H28N2O2/c1-12-4-3-7-17(11-12)15(18)10-16-13(2)14-5-8-19-9-6-14/h12-14,16H,3-11H2,1-2H3/t12-,13-/m1/s1. The van der Waals surface area contributed by atoms with Crippen molar-refractivity contribution >= 4 is 5.91 Å². The van der Waals surface area contributed by atoms with Gasteiger partial charge < -0.3 is 15.0 Å². The van der Waals surface area contributed by atoms with Gasteiger partial charge in [0.25, 0.3) is 0 Å². The molecule has 0 aromatic rings. The number of amides is 1. The smallest absolute Gasteiger partial charge is 0.236 e. The molecule has 2 rings (SSSR count). The largest absolute Gasteiger partial charge is 0.381 e. The van der Waals surface area contributed by atoms with Crippen LogP contribution in [0.3, 0.4) is 0 Å². The molecular weight excluding hydrogens is 240 g/mol. The van der Waals surface area contributed by atoms with Gasteiger partial charge in [0.05, 0.1) is 6.54 Å². The van der Waals surface area contributed by atoms with E-state index in [1.165, 1.54) is 6.42 Å². The van der Waals surface area contributed by atoms with Crippen LogP contribution in [0.5, 0.6) is 0 Å². The van der Waals surface area contributed by atoms with Crippen molar-refractivity contribution < 1.29 is 9.53 Å². The predicted molar refractivity (Wildman–Crippen MR) is 76.0 cm³/mol. The molecule has 110 valence electrons. The zero-order chi connectivity index (χ0) is 13.7. The first-order chi connectivity index (χ1) is 9.16. The van der Waals surface area contributed by atoms with Gasteiger partial charge in [0, 0.05) is 32.3 Å². The highest BCUT2D eigenvalue weighted by molar-refractivity contribution is 5.78. The lowest BCUT2D eigenvalue weighted by molar-refractivity contribution is -0.132. The zero-order valence-electron chi connectivity index (χ0n) is 12.4. The van der Waals surface area contributed by atoms with Gasteiger partial charge in [-0.15, -0.1) is 0 Å². The fraction of sp³-hybridized carbons (Fsp3) is 0.933. The summed E-state index contributed by atoms with van der Waals surface area (Å²) in [6, 6.07) is 0.412. The highest BCUT2D eigenvalue weighted by atomic mass is 16.5. The number of ether oxygens (including phenoxy) is 1. The molecule has 0 unspecified atom stereocenters. The third-order valence-corrected chi connectivity index (χ3v) is 4.56. The lowest BCUT2D eigenvalue weighted by Gasteiger charge is -2.32. The van der Waals surface area contributed by atoms with Crippen LogP contribution >= 0.6 is 0 Å². The number of carbonyl (C=O) groups is 1. The van der Waals surface area contributed by atoms with Crippen LogP contribution in [0.1, 0.15) is 39.5 Å². The van der Waals surface area contributed by atoms with Crippen LogP contribution in [0.25, 0.3) is 0 Å². The van der Waals surface area contributed by atoms with Gasteiger partial charge in [-0.2, -0.15) is 0 Å². The minimum atomic E-state index is 0.269. The van der Waals surface area contributed by atoms with Crippen molar-refractivity contribution in [1.82, 2.24) is 10.2 Å². The lowest BCUT2D eigenvalue weighted by atomic mass is 9.93. The van der Waals surface area contributed by atoms with Crippen molar-refractivity contribution in [3.63, 3.8) is 0 Å². The predicted octanol–water partition coefficient (Wildman–Crippen LogP) is 1.65. The van der Waals surface area contributed by atoms with E-state index in [9.17, 15) is 4.79 Å². The number of hydrogen-bond donors (Lipinski definition) is 1. The van der Waals surface area contributed by atoms with Crippen LogP contribution in [-0.2, 0) is 9.53 Å². The Kier molecular flexibility index (Phi) is 5.64. The maximum absolute atomic E-state index is 12.2. The molecule has 2 heterocycles.